The van der Waals surface area contributed by atoms with E-state index in [1.54, 1.807) is 17.6 Å². The highest BCUT2D eigenvalue weighted by Gasteiger charge is 2.06. The van der Waals surface area contributed by atoms with E-state index in [9.17, 15) is 9.18 Å². The van der Waals surface area contributed by atoms with Gasteiger partial charge >= 0.3 is 4.87 Å². The summed E-state index contributed by atoms with van der Waals surface area (Å²) in [5.74, 6) is -0.256. The average molecular weight is 223 g/mol. The molecule has 2 rings (SSSR count). The first-order chi connectivity index (χ1) is 7.18. The lowest BCUT2D eigenvalue weighted by molar-refractivity contribution is 0.596. The van der Waals surface area contributed by atoms with Gasteiger partial charge in [0.05, 0.1) is 6.54 Å². The number of aryl methyl sites for hydroxylation is 1. The van der Waals surface area contributed by atoms with Gasteiger partial charge in [-0.1, -0.05) is 23.5 Å². The highest BCUT2D eigenvalue weighted by atomic mass is 32.1. The largest absolute Gasteiger partial charge is 0.307 e. The Bertz CT molecular complexity index is 509. The van der Waals surface area contributed by atoms with Gasteiger partial charge in [0.15, 0.2) is 0 Å². The summed E-state index contributed by atoms with van der Waals surface area (Å²) in [5, 5.41) is 1.71. The van der Waals surface area contributed by atoms with Crippen molar-refractivity contribution in [1.29, 1.82) is 0 Å². The maximum atomic E-state index is 13.5. The van der Waals surface area contributed by atoms with E-state index in [4.69, 9.17) is 0 Å². The van der Waals surface area contributed by atoms with Gasteiger partial charge in [-0.3, -0.25) is 4.79 Å². The second kappa shape index (κ2) is 3.98. The Labute approximate surface area is 90.6 Å². The average Bonchev–Trinajstić information content (AvgIpc) is 2.58. The summed E-state index contributed by atoms with van der Waals surface area (Å²) in [6, 6.07) is 4.93. The van der Waals surface area contributed by atoms with Gasteiger partial charge in [0.1, 0.15) is 5.82 Å². The van der Waals surface area contributed by atoms with Crippen LogP contribution in [-0.4, -0.2) is 4.57 Å². The summed E-state index contributed by atoms with van der Waals surface area (Å²) in [4.78, 5) is 11.2. The Kier molecular flexibility index (Phi) is 2.68. The first-order valence-electron chi connectivity index (χ1n) is 4.56. The fourth-order valence-corrected chi connectivity index (χ4v) is 2.03. The fourth-order valence-electron chi connectivity index (χ4n) is 1.44. The minimum atomic E-state index is -0.256. The van der Waals surface area contributed by atoms with Gasteiger partial charge in [-0.25, -0.2) is 4.39 Å². The normalized spacial score (nSPS) is 10.5. The third-order valence-electron chi connectivity index (χ3n) is 2.33. The molecule has 0 amide bonds. The van der Waals surface area contributed by atoms with Crippen molar-refractivity contribution in [3.63, 3.8) is 0 Å². The Morgan fingerprint density at radius 1 is 1.47 bits per heavy atom. The zero-order valence-corrected chi connectivity index (χ0v) is 9.05. The van der Waals surface area contributed by atoms with Crippen LogP contribution < -0.4 is 4.87 Å². The van der Waals surface area contributed by atoms with Crippen LogP contribution in [0.4, 0.5) is 4.39 Å². The highest BCUT2D eigenvalue weighted by Crippen LogP contribution is 2.13. The molecule has 2 nitrogen and oxygen atoms in total. The Morgan fingerprint density at radius 2 is 2.27 bits per heavy atom. The van der Waals surface area contributed by atoms with E-state index in [1.807, 2.05) is 13.0 Å². The molecule has 15 heavy (non-hydrogen) atoms. The zero-order chi connectivity index (χ0) is 10.8. The van der Waals surface area contributed by atoms with E-state index >= 15 is 0 Å². The van der Waals surface area contributed by atoms with Gasteiger partial charge in [-0.15, -0.1) is 0 Å². The number of rotatable bonds is 2. The molecule has 78 valence electrons. The lowest BCUT2D eigenvalue weighted by Gasteiger charge is -2.06. The van der Waals surface area contributed by atoms with Crippen molar-refractivity contribution < 1.29 is 4.39 Å². The maximum Gasteiger partial charge on any atom is 0.307 e. The van der Waals surface area contributed by atoms with E-state index in [-0.39, 0.29) is 10.7 Å². The first kappa shape index (κ1) is 10.1. The van der Waals surface area contributed by atoms with Crippen LogP contribution >= 0.6 is 11.3 Å². The number of halogens is 1. The molecule has 0 saturated carbocycles. The van der Waals surface area contributed by atoms with E-state index in [2.05, 4.69) is 0 Å². The first-order valence-corrected chi connectivity index (χ1v) is 5.44. The minimum absolute atomic E-state index is 0.0577. The van der Waals surface area contributed by atoms with E-state index in [1.165, 1.54) is 10.6 Å². The third-order valence-corrected chi connectivity index (χ3v) is 3.02. The van der Waals surface area contributed by atoms with Crippen molar-refractivity contribution in [1.82, 2.24) is 4.57 Å². The second-order valence-corrected chi connectivity index (χ2v) is 4.19. The number of hydrogen-bond acceptors (Lipinski definition) is 2. The molecule has 0 bridgehead atoms. The number of thiazole rings is 1. The third kappa shape index (κ3) is 1.99. The lowest BCUT2D eigenvalue weighted by atomic mass is 10.1. The Hall–Kier alpha value is -1.42. The molecule has 0 aliphatic rings. The van der Waals surface area contributed by atoms with Crippen LogP contribution in [0.25, 0.3) is 0 Å². The van der Waals surface area contributed by atoms with Crippen molar-refractivity contribution in [2.24, 2.45) is 0 Å². The van der Waals surface area contributed by atoms with E-state index in [0.29, 0.717) is 12.1 Å². The van der Waals surface area contributed by atoms with Crippen LogP contribution in [-0.2, 0) is 6.54 Å². The molecule has 0 unspecified atom stereocenters. The summed E-state index contributed by atoms with van der Waals surface area (Å²) >= 11 is 1.12. The topological polar surface area (TPSA) is 22.0 Å². The van der Waals surface area contributed by atoms with E-state index < -0.39 is 0 Å². The van der Waals surface area contributed by atoms with Gasteiger partial charge in [-0.2, -0.15) is 0 Å². The van der Waals surface area contributed by atoms with Gasteiger partial charge in [0.2, 0.25) is 0 Å². The molecule has 0 aliphatic heterocycles. The monoisotopic (exact) mass is 223 g/mol. The summed E-state index contributed by atoms with van der Waals surface area (Å²) < 4.78 is 15.0. The Balaban J connectivity index is 2.40. The quantitative estimate of drug-likeness (QED) is 0.766. The molecule has 0 fully saturated rings. The van der Waals surface area contributed by atoms with Crippen LogP contribution in [0.5, 0.6) is 0 Å². The molecule has 2 aromatic rings. The number of nitrogens with zero attached hydrogens (tertiary/aromatic N) is 1. The molecule has 0 aliphatic carbocycles. The minimum Gasteiger partial charge on any atom is -0.301 e. The number of hydrogen-bond donors (Lipinski definition) is 0. The molecule has 0 spiro atoms. The van der Waals surface area contributed by atoms with E-state index in [0.717, 1.165) is 16.9 Å². The van der Waals surface area contributed by atoms with Crippen molar-refractivity contribution >= 4 is 11.3 Å². The van der Waals surface area contributed by atoms with Gasteiger partial charge in [0, 0.05) is 17.1 Å². The summed E-state index contributed by atoms with van der Waals surface area (Å²) in [5.41, 5.74) is 1.45. The lowest BCUT2D eigenvalue weighted by Crippen LogP contribution is -2.14. The standard InChI is InChI=1S/C11H10FNOS/c1-8-3-2-4-10(12)9(8)7-13-5-6-15-11(13)14/h2-6H,7H2,1H3. The zero-order valence-electron chi connectivity index (χ0n) is 8.24. The summed E-state index contributed by atoms with van der Waals surface area (Å²) in [6.07, 6.45) is 1.68. The molecule has 1 aromatic carbocycles. The Morgan fingerprint density at radius 3 is 2.87 bits per heavy atom. The van der Waals surface area contributed by atoms with Crippen molar-refractivity contribution in [3.8, 4) is 0 Å². The SMILES string of the molecule is Cc1cccc(F)c1Cn1ccsc1=O. The van der Waals surface area contributed by atoms with Crippen LogP contribution in [0, 0.1) is 12.7 Å². The predicted molar refractivity (Wildman–Crippen MR) is 58.8 cm³/mol. The van der Waals surface area contributed by atoms with Gasteiger partial charge < -0.3 is 4.57 Å². The van der Waals surface area contributed by atoms with Crippen LogP contribution in [0.15, 0.2) is 34.6 Å². The fraction of sp³-hybridized carbons (Fsp3) is 0.182. The van der Waals surface area contributed by atoms with Gasteiger partial charge in [-0.05, 0) is 18.6 Å². The molecule has 0 saturated heterocycles. The summed E-state index contributed by atoms with van der Waals surface area (Å²) in [7, 11) is 0. The van der Waals surface area contributed by atoms with Crippen molar-refractivity contribution in [3.05, 3.63) is 56.4 Å². The van der Waals surface area contributed by atoms with Gasteiger partial charge in [0.25, 0.3) is 0 Å². The maximum absolute atomic E-state index is 13.5. The predicted octanol–water partition coefficient (Wildman–Crippen LogP) is 2.41. The van der Waals surface area contributed by atoms with Crippen LogP contribution in [0.1, 0.15) is 11.1 Å². The van der Waals surface area contributed by atoms with Crippen molar-refractivity contribution in [2.75, 3.05) is 0 Å². The van der Waals surface area contributed by atoms with Crippen molar-refractivity contribution in [2.45, 2.75) is 13.5 Å². The molecule has 1 heterocycles. The molecular formula is C11H10FNOS. The molecule has 1 aromatic heterocycles. The second-order valence-electron chi connectivity index (χ2n) is 3.33. The smallest absolute Gasteiger partial charge is 0.301 e. The number of aromatic nitrogens is 1. The molecule has 0 radical (unpaired) electrons. The molecular weight excluding hydrogens is 213 g/mol. The molecule has 0 atom stereocenters. The highest BCUT2D eigenvalue weighted by molar-refractivity contribution is 7.07. The molecule has 0 N–H and O–H groups in total. The van der Waals surface area contributed by atoms with Crippen LogP contribution in [0.2, 0.25) is 0 Å². The van der Waals surface area contributed by atoms with Crippen LogP contribution in [0.3, 0.4) is 0 Å². The summed E-state index contributed by atoms with van der Waals surface area (Å²) in [6.45, 7) is 2.15. The number of benzene rings is 1. The molecule has 4 heteroatoms.